The lowest BCUT2D eigenvalue weighted by Gasteiger charge is -2.05. The van der Waals surface area contributed by atoms with E-state index in [2.05, 4.69) is 11.1 Å². The van der Waals surface area contributed by atoms with Crippen LogP contribution in [0.3, 0.4) is 0 Å². The van der Waals surface area contributed by atoms with Crippen molar-refractivity contribution in [2.45, 2.75) is 10.1 Å². The molecule has 0 aliphatic heterocycles. The molecule has 0 saturated carbocycles. The number of imidazole rings is 1. The van der Waals surface area contributed by atoms with E-state index in [0.717, 1.165) is 10.1 Å². The van der Waals surface area contributed by atoms with Crippen molar-refractivity contribution in [2.75, 3.05) is 5.73 Å². The van der Waals surface area contributed by atoms with Crippen LogP contribution in [0.15, 0.2) is 40.6 Å². The number of hydrogen-bond donors (Lipinski definition) is 1. The van der Waals surface area contributed by atoms with Crippen LogP contribution < -0.4 is 5.73 Å². The van der Waals surface area contributed by atoms with Crippen LogP contribution in [0.1, 0.15) is 5.56 Å². The summed E-state index contributed by atoms with van der Waals surface area (Å²) in [5.74, 6) is 0. The van der Waals surface area contributed by atoms with Crippen LogP contribution in [0.2, 0.25) is 0 Å². The zero-order valence-electron chi connectivity index (χ0n) is 8.71. The molecular formula is C11H10N4S. The topological polar surface area (TPSA) is 67.6 Å². The fourth-order valence-electron chi connectivity index (χ4n) is 1.28. The van der Waals surface area contributed by atoms with Gasteiger partial charge in [-0.3, -0.25) is 0 Å². The number of para-hydroxylation sites is 1. The summed E-state index contributed by atoms with van der Waals surface area (Å²) in [7, 11) is 1.92. The highest BCUT2D eigenvalue weighted by Gasteiger charge is 2.08. The zero-order chi connectivity index (χ0) is 11.5. The number of nitrogens with two attached hydrogens (primary N) is 1. The number of benzene rings is 1. The SMILES string of the molecule is Cn1ccnc1Sc1cccc(C#N)c1N. The molecule has 0 unspecified atom stereocenters. The summed E-state index contributed by atoms with van der Waals surface area (Å²) >= 11 is 1.45. The first kappa shape index (κ1) is 10.6. The Hall–Kier alpha value is -1.93. The number of anilines is 1. The van der Waals surface area contributed by atoms with Crippen molar-refractivity contribution in [1.29, 1.82) is 5.26 Å². The van der Waals surface area contributed by atoms with Crippen molar-refractivity contribution in [3.8, 4) is 6.07 Å². The lowest BCUT2D eigenvalue weighted by molar-refractivity contribution is 0.790. The second-order valence-electron chi connectivity index (χ2n) is 3.25. The van der Waals surface area contributed by atoms with Crippen LogP contribution in [0.5, 0.6) is 0 Å². The highest BCUT2D eigenvalue weighted by atomic mass is 32.2. The van der Waals surface area contributed by atoms with Crippen LogP contribution in [-0.4, -0.2) is 9.55 Å². The number of aromatic nitrogens is 2. The van der Waals surface area contributed by atoms with Crippen LogP contribution in [0, 0.1) is 11.3 Å². The van der Waals surface area contributed by atoms with Crippen molar-refractivity contribution in [3.05, 3.63) is 36.2 Å². The molecule has 1 heterocycles. The van der Waals surface area contributed by atoms with Gasteiger partial charge in [0, 0.05) is 24.3 Å². The molecule has 0 radical (unpaired) electrons. The van der Waals surface area contributed by atoms with Gasteiger partial charge in [0.05, 0.1) is 11.3 Å². The number of aryl methyl sites for hydroxylation is 1. The Morgan fingerprint density at radius 1 is 1.50 bits per heavy atom. The monoisotopic (exact) mass is 230 g/mol. The predicted octanol–water partition coefficient (Wildman–Crippen LogP) is 2.03. The normalized spacial score (nSPS) is 10.0. The quantitative estimate of drug-likeness (QED) is 0.801. The molecule has 0 fully saturated rings. The molecule has 5 heteroatoms. The summed E-state index contributed by atoms with van der Waals surface area (Å²) in [5.41, 5.74) is 6.89. The van der Waals surface area contributed by atoms with E-state index in [1.54, 1.807) is 12.3 Å². The first-order chi connectivity index (χ1) is 7.72. The minimum atomic E-state index is 0.499. The van der Waals surface area contributed by atoms with Gasteiger partial charge in [0.2, 0.25) is 0 Å². The number of nitrogens with zero attached hydrogens (tertiary/aromatic N) is 3. The van der Waals surface area contributed by atoms with Gasteiger partial charge in [0.1, 0.15) is 6.07 Å². The van der Waals surface area contributed by atoms with Crippen molar-refractivity contribution >= 4 is 17.4 Å². The zero-order valence-corrected chi connectivity index (χ0v) is 9.53. The minimum Gasteiger partial charge on any atom is -0.397 e. The van der Waals surface area contributed by atoms with Gasteiger partial charge in [0.25, 0.3) is 0 Å². The molecule has 4 nitrogen and oxygen atoms in total. The van der Waals surface area contributed by atoms with Gasteiger partial charge < -0.3 is 10.3 Å². The molecule has 2 aromatic rings. The first-order valence-electron chi connectivity index (χ1n) is 4.66. The Morgan fingerprint density at radius 2 is 2.31 bits per heavy atom. The van der Waals surface area contributed by atoms with E-state index in [9.17, 15) is 0 Å². The molecule has 80 valence electrons. The van der Waals surface area contributed by atoms with E-state index in [4.69, 9.17) is 11.0 Å². The third-order valence-electron chi connectivity index (χ3n) is 2.16. The number of nitrogen functional groups attached to an aromatic ring is 1. The summed E-state index contributed by atoms with van der Waals surface area (Å²) in [5, 5.41) is 9.71. The average Bonchev–Trinajstić information content (AvgIpc) is 2.68. The van der Waals surface area contributed by atoms with E-state index in [-0.39, 0.29) is 0 Å². The molecule has 0 aliphatic carbocycles. The van der Waals surface area contributed by atoms with Gasteiger partial charge in [-0.2, -0.15) is 5.26 Å². The maximum absolute atomic E-state index is 8.86. The molecule has 1 aromatic heterocycles. The average molecular weight is 230 g/mol. The molecule has 0 amide bonds. The molecule has 2 rings (SSSR count). The van der Waals surface area contributed by atoms with Crippen LogP contribution in [-0.2, 0) is 7.05 Å². The maximum Gasteiger partial charge on any atom is 0.172 e. The van der Waals surface area contributed by atoms with E-state index in [0.29, 0.717) is 11.3 Å². The fourth-order valence-corrected chi connectivity index (χ4v) is 2.16. The van der Waals surface area contributed by atoms with Gasteiger partial charge in [-0.15, -0.1) is 0 Å². The molecular weight excluding hydrogens is 220 g/mol. The molecule has 0 atom stereocenters. The lowest BCUT2D eigenvalue weighted by atomic mass is 10.2. The van der Waals surface area contributed by atoms with Gasteiger partial charge >= 0.3 is 0 Å². The second kappa shape index (κ2) is 4.29. The van der Waals surface area contributed by atoms with Crippen LogP contribution >= 0.6 is 11.8 Å². The van der Waals surface area contributed by atoms with E-state index >= 15 is 0 Å². The van der Waals surface area contributed by atoms with Crippen LogP contribution in [0.4, 0.5) is 5.69 Å². The van der Waals surface area contributed by atoms with Crippen molar-refractivity contribution in [1.82, 2.24) is 9.55 Å². The standard InChI is InChI=1S/C11H10N4S/c1-15-6-5-14-11(15)16-9-4-2-3-8(7-12)10(9)13/h2-6H,13H2,1H3. The third-order valence-corrected chi connectivity index (χ3v) is 3.32. The van der Waals surface area contributed by atoms with Gasteiger partial charge in [-0.25, -0.2) is 4.98 Å². The first-order valence-corrected chi connectivity index (χ1v) is 5.48. The summed E-state index contributed by atoms with van der Waals surface area (Å²) in [4.78, 5) is 5.05. The number of nitriles is 1. The van der Waals surface area contributed by atoms with Crippen molar-refractivity contribution < 1.29 is 0 Å². The summed E-state index contributed by atoms with van der Waals surface area (Å²) in [6.07, 6.45) is 3.60. The second-order valence-corrected chi connectivity index (χ2v) is 4.26. The maximum atomic E-state index is 8.86. The van der Waals surface area contributed by atoms with E-state index < -0.39 is 0 Å². The Kier molecular flexibility index (Phi) is 2.84. The lowest BCUT2D eigenvalue weighted by Crippen LogP contribution is -1.94. The smallest absolute Gasteiger partial charge is 0.172 e. The molecule has 0 bridgehead atoms. The van der Waals surface area contributed by atoms with Crippen molar-refractivity contribution in [3.63, 3.8) is 0 Å². The van der Waals surface area contributed by atoms with E-state index in [1.807, 2.05) is 29.9 Å². The molecule has 0 saturated heterocycles. The van der Waals surface area contributed by atoms with Crippen molar-refractivity contribution in [2.24, 2.45) is 7.05 Å². The molecule has 16 heavy (non-hydrogen) atoms. The Balaban J connectivity index is 2.36. The third kappa shape index (κ3) is 1.88. The molecule has 1 aromatic carbocycles. The molecule has 0 spiro atoms. The highest BCUT2D eigenvalue weighted by molar-refractivity contribution is 7.99. The van der Waals surface area contributed by atoms with E-state index in [1.165, 1.54) is 11.8 Å². The highest BCUT2D eigenvalue weighted by Crippen LogP contribution is 2.32. The Labute approximate surface area is 97.7 Å². The number of rotatable bonds is 2. The van der Waals surface area contributed by atoms with Gasteiger partial charge in [-0.1, -0.05) is 6.07 Å². The summed E-state index contributed by atoms with van der Waals surface area (Å²) in [6.45, 7) is 0. The summed E-state index contributed by atoms with van der Waals surface area (Å²) < 4.78 is 1.91. The molecule has 2 N–H and O–H groups in total. The van der Waals surface area contributed by atoms with Gasteiger partial charge in [-0.05, 0) is 23.9 Å². The predicted molar refractivity (Wildman–Crippen MR) is 62.9 cm³/mol. The molecule has 0 aliphatic rings. The number of hydrogen-bond acceptors (Lipinski definition) is 4. The largest absolute Gasteiger partial charge is 0.397 e. The Morgan fingerprint density at radius 3 is 2.94 bits per heavy atom. The Bertz CT molecular complexity index is 553. The fraction of sp³-hybridized carbons (Fsp3) is 0.0909. The van der Waals surface area contributed by atoms with Crippen LogP contribution in [0.25, 0.3) is 0 Å². The summed E-state index contributed by atoms with van der Waals surface area (Å²) in [6, 6.07) is 7.47. The van der Waals surface area contributed by atoms with Gasteiger partial charge in [0.15, 0.2) is 5.16 Å². The minimum absolute atomic E-state index is 0.499.